The summed E-state index contributed by atoms with van der Waals surface area (Å²) in [6.45, 7) is 5.21. The minimum Gasteiger partial charge on any atom is -0.393 e. The second-order valence-corrected chi connectivity index (χ2v) is 5.50. The minimum atomic E-state index is -0.844. The topological polar surface area (TPSA) is 44.5 Å². The van der Waals surface area contributed by atoms with E-state index in [1.807, 2.05) is 13.8 Å². The highest BCUT2D eigenvalue weighted by Crippen LogP contribution is 2.51. The molecule has 0 aromatic heterocycles. The Morgan fingerprint density at radius 2 is 1.92 bits per heavy atom. The maximum Gasteiger partial charge on any atom is 0.238 e. The molecule has 0 rings (SSSR count). The quantitative estimate of drug-likeness (QED) is 0.534. The molecule has 0 fully saturated rings. The summed E-state index contributed by atoms with van der Waals surface area (Å²) in [6, 6.07) is 0. The Kier molecular flexibility index (Phi) is 8.60. The van der Waals surface area contributed by atoms with Gasteiger partial charge in [0.25, 0.3) is 0 Å². The number of nitrogens with two attached hydrogens (primary N) is 1. The van der Waals surface area contributed by atoms with Gasteiger partial charge in [-0.15, -0.1) is 0 Å². The van der Waals surface area contributed by atoms with E-state index in [1.54, 1.807) is 0 Å². The summed E-state index contributed by atoms with van der Waals surface area (Å²) in [6.07, 6.45) is 0. The molecule has 72 valence electrons. The van der Waals surface area contributed by atoms with Crippen molar-refractivity contribution in [3.8, 4) is 0 Å². The van der Waals surface area contributed by atoms with Gasteiger partial charge in [-0.25, -0.2) is 0 Å². The molecule has 0 atom stereocenters. The van der Waals surface area contributed by atoms with E-state index in [9.17, 15) is 0 Å². The van der Waals surface area contributed by atoms with Gasteiger partial charge >= 0.3 is 0 Å². The molecule has 0 aliphatic rings. The Bertz CT molecular complexity index is 131. The monoisotopic (exact) mass is 227 g/mol. The van der Waals surface area contributed by atoms with Crippen LogP contribution in [-0.4, -0.2) is 24.0 Å². The minimum absolute atomic E-state index is 0.493. The van der Waals surface area contributed by atoms with E-state index in [-0.39, 0.29) is 0 Å². The Morgan fingerprint density at radius 1 is 1.42 bits per heavy atom. The summed E-state index contributed by atoms with van der Waals surface area (Å²) >= 11 is 6.27. The third-order valence-electron chi connectivity index (χ3n) is 0.781. The summed E-state index contributed by atoms with van der Waals surface area (Å²) < 4.78 is 10.6. The molecule has 3 nitrogen and oxygen atoms in total. The predicted molar refractivity (Wildman–Crippen MR) is 59.4 cm³/mol. The van der Waals surface area contributed by atoms with Gasteiger partial charge in [0, 0.05) is 0 Å². The molecule has 0 aliphatic heterocycles. The zero-order chi connectivity index (χ0) is 9.40. The molecule has 6 heteroatoms. The Morgan fingerprint density at radius 3 is 2.25 bits per heavy atom. The van der Waals surface area contributed by atoms with E-state index in [2.05, 4.69) is 0 Å². The standard InChI is InChI=1S/C6H14NO2PS2/c1-3-8-10(9-4-2)12-5-6(7)11/h3-5H2,1-2H3,(H2,7,11). The predicted octanol–water partition coefficient (Wildman–Crippen LogP) is 2.31. The van der Waals surface area contributed by atoms with Crippen molar-refractivity contribution in [1.82, 2.24) is 0 Å². The zero-order valence-corrected chi connectivity index (χ0v) is 9.81. The lowest BCUT2D eigenvalue weighted by Gasteiger charge is -2.13. The average Bonchev–Trinajstić information content (AvgIpc) is 2.01. The van der Waals surface area contributed by atoms with Crippen LogP contribution in [0.15, 0.2) is 0 Å². The molecule has 0 radical (unpaired) electrons. The van der Waals surface area contributed by atoms with Gasteiger partial charge in [0.1, 0.15) is 0 Å². The molecule has 0 spiro atoms. The molecule has 0 aromatic rings. The molecular weight excluding hydrogens is 213 g/mol. The van der Waals surface area contributed by atoms with Crippen molar-refractivity contribution in [1.29, 1.82) is 0 Å². The van der Waals surface area contributed by atoms with E-state index in [1.165, 1.54) is 11.4 Å². The van der Waals surface area contributed by atoms with Gasteiger partial charge in [-0.3, -0.25) is 0 Å². The van der Waals surface area contributed by atoms with Crippen molar-refractivity contribution in [3.63, 3.8) is 0 Å². The Hall–Kier alpha value is 0.590. The van der Waals surface area contributed by atoms with Crippen LogP contribution in [0.3, 0.4) is 0 Å². The van der Waals surface area contributed by atoms with Gasteiger partial charge in [0.2, 0.25) is 7.58 Å². The van der Waals surface area contributed by atoms with Crippen molar-refractivity contribution >= 4 is 36.2 Å². The first-order valence-corrected chi connectivity index (χ1v) is 6.85. The molecule has 0 bridgehead atoms. The first kappa shape index (κ1) is 12.6. The maximum atomic E-state index is 5.34. The number of rotatable bonds is 7. The highest BCUT2D eigenvalue weighted by molar-refractivity contribution is 8.53. The lowest BCUT2D eigenvalue weighted by Crippen LogP contribution is -2.10. The first-order chi connectivity index (χ1) is 5.70. The lowest BCUT2D eigenvalue weighted by atomic mass is 10.8. The van der Waals surface area contributed by atoms with Gasteiger partial charge in [-0.05, 0) is 13.8 Å². The molecule has 0 heterocycles. The summed E-state index contributed by atoms with van der Waals surface area (Å²) in [5, 5.41) is 0. The maximum absolute atomic E-state index is 5.34. The highest BCUT2D eigenvalue weighted by atomic mass is 32.7. The summed E-state index contributed by atoms with van der Waals surface area (Å²) in [5.41, 5.74) is 5.34. The van der Waals surface area contributed by atoms with Gasteiger partial charge in [-0.1, -0.05) is 23.6 Å². The zero-order valence-electron chi connectivity index (χ0n) is 7.28. The van der Waals surface area contributed by atoms with Crippen LogP contribution >= 0.6 is 31.2 Å². The molecular formula is C6H14NO2PS2. The third kappa shape index (κ3) is 7.25. The van der Waals surface area contributed by atoms with Crippen LogP contribution in [0.25, 0.3) is 0 Å². The normalized spacial score (nSPS) is 10.6. The molecule has 0 aliphatic carbocycles. The third-order valence-corrected chi connectivity index (χ3v) is 4.35. The molecule has 0 unspecified atom stereocenters. The lowest BCUT2D eigenvalue weighted by molar-refractivity contribution is 0.283. The van der Waals surface area contributed by atoms with Gasteiger partial charge in [0.15, 0.2) is 0 Å². The van der Waals surface area contributed by atoms with Crippen LogP contribution in [0.4, 0.5) is 0 Å². The van der Waals surface area contributed by atoms with Gasteiger partial charge < -0.3 is 14.8 Å². The number of thiocarbonyl (C=S) groups is 1. The number of hydrogen-bond donors (Lipinski definition) is 1. The fourth-order valence-electron chi connectivity index (χ4n) is 0.439. The van der Waals surface area contributed by atoms with Gasteiger partial charge in [0.05, 0.1) is 24.0 Å². The molecule has 0 saturated carbocycles. The van der Waals surface area contributed by atoms with Crippen LogP contribution < -0.4 is 5.73 Å². The van der Waals surface area contributed by atoms with Gasteiger partial charge in [-0.2, -0.15) is 0 Å². The van der Waals surface area contributed by atoms with Crippen LogP contribution in [-0.2, 0) is 9.05 Å². The van der Waals surface area contributed by atoms with Crippen molar-refractivity contribution in [3.05, 3.63) is 0 Å². The van der Waals surface area contributed by atoms with E-state index >= 15 is 0 Å². The van der Waals surface area contributed by atoms with Crippen LogP contribution in [0.2, 0.25) is 0 Å². The Balaban J connectivity index is 3.54. The van der Waals surface area contributed by atoms with Crippen LogP contribution in [0.1, 0.15) is 13.8 Å². The van der Waals surface area contributed by atoms with Crippen LogP contribution in [0, 0.1) is 0 Å². The van der Waals surface area contributed by atoms with Crippen molar-refractivity contribution in [2.75, 3.05) is 19.0 Å². The number of hydrogen-bond acceptors (Lipinski definition) is 4. The summed E-state index contributed by atoms with van der Waals surface area (Å²) in [7, 11) is -0.844. The molecule has 2 N–H and O–H groups in total. The highest BCUT2D eigenvalue weighted by Gasteiger charge is 2.09. The van der Waals surface area contributed by atoms with E-state index in [4.69, 9.17) is 27.0 Å². The van der Waals surface area contributed by atoms with Crippen molar-refractivity contribution < 1.29 is 9.05 Å². The molecule has 0 aromatic carbocycles. The van der Waals surface area contributed by atoms with Crippen LogP contribution in [0.5, 0.6) is 0 Å². The van der Waals surface area contributed by atoms with E-state index in [0.717, 1.165) is 0 Å². The summed E-state index contributed by atoms with van der Waals surface area (Å²) in [5.74, 6) is 0.626. The fraction of sp³-hybridized carbons (Fsp3) is 0.833. The second-order valence-electron chi connectivity index (χ2n) is 1.80. The molecule has 12 heavy (non-hydrogen) atoms. The SMILES string of the molecule is CCOP(OCC)SCC(N)=S. The second kappa shape index (κ2) is 8.20. The average molecular weight is 227 g/mol. The van der Waals surface area contributed by atoms with E-state index in [0.29, 0.717) is 24.0 Å². The van der Waals surface area contributed by atoms with E-state index < -0.39 is 7.58 Å². The fourth-order valence-corrected chi connectivity index (χ4v) is 3.57. The largest absolute Gasteiger partial charge is 0.393 e. The molecule has 0 saturated heterocycles. The first-order valence-electron chi connectivity index (χ1n) is 3.67. The smallest absolute Gasteiger partial charge is 0.238 e. The summed E-state index contributed by atoms with van der Waals surface area (Å²) in [4.78, 5) is 0.493. The Labute approximate surface area is 84.0 Å². The molecule has 0 amide bonds. The van der Waals surface area contributed by atoms with Crippen molar-refractivity contribution in [2.45, 2.75) is 13.8 Å². The van der Waals surface area contributed by atoms with Crippen molar-refractivity contribution in [2.24, 2.45) is 5.73 Å².